The molecule has 1 fully saturated rings. The van der Waals surface area contributed by atoms with Crippen molar-refractivity contribution in [1.82, 2.24) is 9.97 Å². The highest BCUT2D eigenvalue weighted by molar-refractivity contribution is 8.13. The Bertz CT molecular complexity index is 719. The Balaban J connectivity index is 1.87. The molecule has 5 nitrogen and oxygen atoms in total. The van der Waals surface area contributed by atoms with E-state index < -0.39 is 0 Å². The predicted octanol–water partition coefficient (Wildman–Crippen LogP) is 2.98. The number of thioether (sulfide) groups is 1. The fraction of sp³-hybridized carbons (Fsp3) is 0.385. The fourth-order valence-electron chi connectivity index (χ4n) is 2.34. The van der Waals surface area contributed by atoms with E-state index in [1.165, 1.54) is 23.1 Å². The molecule has 1 unspecified atom stereocenters. The van der Waals surface area contributed by atoms with Crippen LogP contribution < -0.4 is 4.90 Å². The minimum Gasteiger partial charge on any atom is -0.295 e. The minimum atomic E-state index is 0.0219. The second-order valence-corrected chi connectivity index (χ2v) is 7.28. The number of anilines is 1. The average Bonchev–Trinajstić information content (AvgIpc) is 3.01. The van der Waals surface area contributed by atoms with Crippen molar-refractivity contribution in [3.63, 3.8) is 0 Å². The molecule has 8 heteroatoms. The second-order valence-electron chi connectivity index (χ2n) is 4.83. The van der Waals surface area contributed by atoms with E-state index in [-0.39, 0.29) is 22.2 Å². The van der Waals surface area contributed by atoms with Crippen molar-refractivity contribution in [3.8, 4) is 0 Å². The molecule has 1 aliphatic heterocycles. The summed E-state index contributed by atoms with van der Waals surface area (Å²) >= 11 is 8.70. The number of hydrogen-bond donors (Lipinski definition) is 0. The number of thiophene rings is 1. The van der Waals surface area contributed by atoms with Crippen molar-refractivity contribution in [2.24, 2.45) is 5.92 Å². The molecule has 3 heterocycles. The molecule has 0 aromatic carbocycles. The van der Waals surface area contributed by atoms with Gasteiger partial charge in [-0.05, 0) is 29.0 Å². The molecule has 2 aromatic rings. The lowest BCUT2D eigenvalue weighted by Crippen LogP contribution is -2.26. The molecule has 110 valence electrons. The fourth-order valence-corrected chi connectivity index (χ4v) is 4.03. The molecule has 0 radical (unpaired) electrons. The van der Waals surface area contributed by atoms with E-state index in [4.69, 9.17) is 11.6 Å². The van der Waals surface area contributed by atoms with Crippen LogP contribution in [0.25, 0.3) is 10.2 Å². The van der Waals surface area contributed by atoms with Crippen LogP contribution in [0, 0.1) is 5.92 Å². The van der Waals surface area contributed by atoms with Crippen LogP contribution in [-0.4, -0.2) is 33.3 Å². The molecule has 0 saturated carbocycles. The van der Waals surface area contributed by atoms with E-state index in [9.17, 15) is 9.59 Å². The molecular weight excluding hydrogens is 330 g/mol. The zero-order valence-electron chi connectivity index (χ0n) is 11.2. The normalized spacial score (nSPS) is 18.7. The summed E-state index contributed by atoms with van der Waals surface area (Å²) in [5.74, 6) is 1.42. The zero-order chi connectivity index (χ0) is 15.0. The van der Waals surface area contributed by atoms with Crippen molar-refractivity contribution in [3.05, 3.63) is 16.7 Å². The van der Waals surface area contributed by atoms with Gasteiger partial charge in [-0.3, -0.25) is 14.5 Å². The van der Waals surface area contributed by atoms with Crippen LogP contribution in [0.2, 0.25) is 5.28 Å². The first-order valence-corrected chi connectivity index (χ1v) is 8.63. The van der Waals surface area contributed by atoms with Crippen LogP contribution in [0.3, 0.4) is 0 Å². The van der Waals surface area contributed by atoms with Gasteiger partial charge in [-0.25, -0.2) is 4.98 Å². The Labute approximate surface area is 134 Å². The zero-order valence-corrected chi connectivity index (χ0v) is 13.6. The van der Waals surface area contributed by atoms with Crippen molar-refractivity contribution in [1.29, 1.82) is 0 Å². The monoisotopic (exact) mass is 341 g/mol. The molecule has 0 aliphatic carbocycles. The van der Waals surface area contributed by atoms with Gasteiger partial charge in [0.1, 0.15) is 0 Å². The maximum atomic E-state index is 12.2. The summed E-state index contributed by atoms with van der Waals surface area (Å²) in [6.07, 6.45) is 0.439. The molecule has 21 heavy (non-hydrogen) atoms. The summed E-state index contributed by atoms with van der Waals surface area (Å²) in [5, 5.41) is 2.12. The average molecular weight is 342 g/mol. The number of carbonyl (C=O) groups excluding carboxylic acids is 2. The SMILES string of the molecule is CC(=O)SCC1CC(=O)N(c2nc(Cl)nc3ccsc23)C1. The summed E-state index contributed by atoms with van der Waals surface area (Å²) in [6.45, 7) is 2.11. The van der Waals surface area contributed by atoms with Crippen LogP contribution in [0.15, 0.2) is 11.4 Å². The van der Waals surface area contributed by atoms with E-state index in [1.54, 1.807) is 11.8 Å². The van der Waals surface area contributed by atoms with Gasteiger partial charge < -0.3 is 0 Å². The van der Waals surface area contributed by atoms with Gasteiger partial charge in [-0.1, -0.05) is 11.8 Å². The number of nitrogens with zero attached hydrogens (tertiary/aromatic N) is 3. The first kappa shape index (κ1) is 14.7. The van der Waals surface area contributed by atoms with Gasteiger partial charge in [0.25, 0.3) is 0 Å². The van der Waals surface area contributed by atoms with Gasteiger partial charge in [0, 0.05) is 25.6 Å². The van der Waals surface area contributed by atoms with Crippen molar-refractivity contribution in [2.75, 3.05) is 17.2 Å². The third-order valence-corrected chi connectivity index (χ3v) is 5.35. The summed E-state index contributed by atoms with van der Waals surface area (Å²) in [7, 11) is 0. The first-order chi connectivity index (χ1) is 10.0. The highest BCUT2D eigenvalue weighted by Crippen LogP contribution is 2.34. The highest BCUT2D eigenvalue weighted by Gasteiger charge is 2.33. The van der Waals surface area contributed by atoms with E-state index in [0.29, 0.717) is 24.5 Å². The summed E-state index contributed by atoms with van der Waals surface area (Å²) in [5.41, 5.74) is 0.754. The summed E-state index contributed by atoms with van der Waals surface area (Å²) in [6, 6.07) is 1.86. The minimum absolute atomic E-state index is 0.0219. The van der Waals surface area contributed by atoms with Gasteiger partial charge in [0.15, 0.2) is 10.9 Å². The Morgan fingerprint density at radius 2 is 2.38 bits per heavy atom. The maximum absolute atomic E-state index is 12.2. The van der Waals surface area contributed by atoms with Crippen LogP contribution in [-0.2, 0) is 9.59 Å². The maximum Gasteiger partial charge on any atom is 0.228 e. The van der Waals surface area contributed by atoms with Crippen LogP contribution in [0.4, 0.5) is 5.82 Å². The van der Waals surface area contributed by atoms with Gasteiger partial charge in [0.2, 0.25) is 11.2 Å². The topological polar surface area (TPSA) is 63.2 Å². The Hall–Kier alpha value is -1.18. The number of aromatic nitrogens is 2. The molecule has 2 aromatic heterocycles. The largest absolute Gasteiger partial charge is 0.295 e. The van der Waals surface area contributed by atoms with Gasteiger partial charge >= 0.3 is 0 Å². The standard InChI is InChI=1S/C13H12ClN3O2S2/c1-7(18)21-6-8-4-10(19)17(5-8)12-11-9(2-3-20-11)15-13(14)16-12/h2-3,8H,4-6H2,1H3. The molecule has 1 saturated heterocycles. The van der Waals surface area contributed by atoms with Gasteiger partial charge in [-0.15, -0.1) is 11.3 Å². The quantitative estimate of drug-likeness (QED) is 0.803. The van der Waals surface area contributed by atoms with E-state index in [2.05, 4.69) is 9.97 Å². The third kappa shape index (κ3) is 3.04. The lowest BCUT2D eigenvalue weighted by atomic mass is 10.1. The number of amides is 1. The molecule has 0 bridgehead atoms. The number of rotatable bonds is 3. The predicted molar refractivity (Wildman–Crippen MR) is 86.0 cm³/mol. The molecule has 3 rings (SSSR count). The Kier molecular flexibility index (Phi) is 4.14. The number of carbonyl (C=O) groups is 2. The Morgan fingerprint density at radius 3 is 3.14 bits per heavy atom. The lowest BCUT2D eigenvalue weighted by Gasteiger charge is -2.16. The molecule has 1 amide bonds. The Morgan fingerprint density at radius 1 is 1.57 bits per heavy atom. The van der Waals surface area contributed by atoms with Crippen LogP contribution in [0.1, 0.15) is 13.3 Å². The van der Waals surface area contributed by atoms with Gasteiger partial charge in [0.05, 0.1) is 10.2 Å². The molecule has 0 N–H and O–H groups in total. The molecule has 0 spiro atoms. The van der Waals surface area contributed by atoms with E-state index in [0.717, 1.165) is 10.2 Å². The van der Waals surface area contributed by atoms with Crippen molar-refractivity contribution >= 4 is 61.8 Å². The first-order valence-electron chi connectivity index (χ1n) is 6.39. The second kappa shape index (κ2) is 5.90. The molecular formula is C13H12ClN3O2S2. The highest BCUT2D eigenvalue weighted by atomic mass is 35.5. The summed E-state index contributed by atoms with van der Waals surface area (Å²) in [4.78, 5) is 33.3. The molecule has 1 aliphatic rings. The molecule has 1 atom stereocenters. The third-order valence-electron chi connectivity index (χ3n) is 3.24. The van der Waals surface area contributed by atoms with E-state index in [1.807, 2.05) is 11.4 Å². The van der Waals surface area contributed by atoms with Crippen molar-refractivity contribution < 1.29 is 9.59 Å². The van der Waals surface area contributed by atoms with Crippen molar-refractivity contribution in [2.45, 2.75) is 13.3 Å². The van der Waals surface area contributed by atoms with Crippen LogP contribution >= 0.6 is 34.7 Å². The smallest absolute Gasteiger partial charge is 0.228 e. The lowest BCUT2D eigenvalue weighted by molar-refractivity contribution is -0.117. The number of hydrogen-bond acceptors (Lipinski definition) is 6. The van der Waals surface area contributed by atoms with Gasteiger partial charge in [-0.2, -0.15) is 4.98 Å². The number of fused-ring (bicyclic) bond motifs is 1. The van der Waals surface area contributed by atoms with Crippen LogP contribution in [0.5, 0.6) is 0 Å². The van der Waals surface area contributed by atoms with E-state index >= 15 is 0 Å². The summed E-state index contributed by atoms with van der Waals surface area (Å²) < 4.78 is 0.868. The number of halogens is 1.